The molecule has 0 aromatic carbocycles. The highest BCUT2D eigenvalue weighted by molar-refractivity contribution is 7.06. The van der Waals surface area contributed by atoms with Gasteiger partial charge in [0.1, 0.15) is 0 Å². The van der Waals surface area contributed by atoms with Crippen LogP contribution in [0.15, 0.2) is 0 Å². The van der Waals surface area contributed by atoms with E-state index in [9.17, 15) is 0 Å². The molecule has 1 unspecified atom stereocenters. The molecule has 1 aromatic rings. The Hall–Kier alpha value is -1.05. The molecule has 0 amide bonds. The molecule has 0 saturated heterocycles. The Morgan fingerprint density at radius 2 is 2.64 bits per heavy atom. The zero-order chi connectivity index (χ0) is 9.97. The number of hydrogen-bond acceptors (Lipinski definition) is 4. The maximum absolute atomic E-state index is 5.35. The zero-order valence-electron chi connectivity index (χ0n) is 8.04. The molecule has 1 N–H and O–H groups in total. The smallest absolute Gasteiger partial charge is 0.230 e. The molecule has 1 atom stereocenters. The molecular weight excluding hydrogens is 196 g/mol. The molecule has 1 aliphatic heterocycles. The van der Waals surface area contributed by atoms with Crippen LogP contribution in [0.2, 0.25) is 0 Å². The lowest BCUT2D eigenvalue weighted by molar-refractivity contribution is 0.350. The molecule has 4 heteroatoms. The Morgan fingerprint density at radius 3 is 3.43 bits per heavy atom. The number of aromatic nitrogens is 1. The van der Waals surface area contributed by atoms with Gasteiger partial charge < -0.3 is 10.1 Å². The van der Waals surface area contributed by atoms with Crippen molar-refractivity contribution in [3.05, 3.63) is 10.4 Å². The van der Waals surface area contributed by atoms with E-state index in [0.29, 0.717) is 18.5 Å². The molecule has 0 saturated carbocycles. The van der Waals surface area contributed by atoms with Crippen LogP contribution in [0.5, 0.6) is 5.88 Å². The van der Waals surface area contributed by atoms with Gasteiger partial charge in [0.25, 0.3) is 0 Å². The summed E-state index contributed by atoms with van der Waals surface area (Å²) >= 11 is 1.52. The number of ether oxygens (including phenoxy) is 1. The van der Waals surface area contributed by atoms with E-state index in [2.05, 4.69) is 22.5 Å². The molecule has 2 rings (SSSR count). The third kappa shape index (κ3) is 1.74. The van der Waals surface area contributed by atoms with E-state index < -0.39 is 0 Å². The lowest BCUT2D eigenvalue weighted by atomic mass is 10.1. The fourth-order valence-electron chi connectivity index (χ4n) is 1.51. The number of nitrogens with one attached hydrogen (secondary N) is 1. The van der Waals surface area contributed by atoms with Crippen molar-refractivity contribution < 1.29 is 4.74 Å². The topological polar surface area (TPSA) is 34.1 Å². The van der Waals surface area contributed by atoms with Gasteiger partial charge in [-0.25, -0.2) is 0 Å². The van der Waals surface area contributed by atoms with Gasteiger partial charge >= 0.3 is 0 Å². The molecule has 3 nitrogen and oxygen atoms in total. The van der Waals surface area contributed by atoms with Gasteiger partial charge in [-0.1, -0.05) is 5.92 Å². The maximum atomic E-state index is 5.35. The predicted molar refractivity (Wildman–Crippen MR) is 56.4 cm³/mol. The van der Waals surface area contributed by atoms with Crippen molar-refractivity contribution >= 4 is 11.5 Å². The Bertz CT molecular complexity index is 367. The Balaban J connectivity index is 2.17. The van der Waals surface area contributed by atoms with E-state index in [1.54, 1.807) is 0 Å². The first-order valence-electron chi connectivity index (χ1n) is 4.58. The van der Waals surface area contributed by atoms with Crippen molar-refractivity contribution in [3.8, 4) is 18.2 Å². The molecule has 2 heterocycles. The Kier molecular flexibility index (Phi) is 2.71. The highest BCUT2D eigenvalue weighted by Crippen LogP contribution is 2.29. The zero-order valence-corrected chi connectivity index (χ0v) is 8.86. The summed E-state index contributed by atoms with van der Waals surface area (Å²) in [4.78, 5) is 1.32. The molecule has 14 heavy (non-hydrogen) atoms. The predicted octanol–water partition coefficient (Wildman–Crippen LogP) is 1.19. The Morgan fingerprint density at radius 1 is 1.79 bits per heavy atom. The summed E-state index contributed by atoms with van der Waals surface area (Å²) < 4.78 is 9.61. The van der Waals surface area contributed by atoms with Crippen LogP contribution >= 0.6 is 11.5 Å². The highest BCUT2D eigenvalue weighted by atomic mass is 32.1. The minimum absolute atomic E-state index is 0.297. The van der Waals surface area contributed by atoms with Gasteiger partial charge in [0, 0.05) is 23.0 Å². The first-order chi connectivity index (χ1) is 6.81. The number of hydrogen-bond donors (Lipinski definition) is 1. The number of nitrogens with zero attached hydrogens (tertiary/aromatic N) is 1. The van der Waals surface area contributed by atoms with Gasteiger partial charge in [0.2, 0.25) is 5.88 Å². The average Bonchev–Trinajstić information content (AvgIpc) is 2.57. The van der Waals surface area contributed by atoms with Crippen LogP contribution < -0.4 is 10.1 Å². The van der Waals surface area contributed by atoms with Crippen LogP contribution in [-0.4, -0.2) is 17.0 Å². The van der Waals surface area contributed by atoms with E-state index in [4.69, 9.17) is 11.2 Å². The SMILES string of the molecule is C#CCOc1nsc2c1CNC(C)C2. The number of fused-ring (bicyclic) bond motifs is 1. The van der Waals surface area contributed by atoms with Crippen molar-refractivity contribution in [3.63, 3.8) is 0 Å². The quantitative estimate of drug-likeness (QED) is 0.741. The lowest BCUT2D eigenvalue weighted by Gasteiger charge is -2.19. The van der Waals surface area contributed by atoms with Crippen LogP contribution in [0.25, 0.3) is 0 Å². The second-order valence-electron chi connectivity index (χ2n) is 3.37. The summed E-state index contributed by atoms with van der Waals surface area (Å²) in [5, 5.41) is 3.38. The minimum atomic E-state index is 0.297. The van der Waals surface area contributed by atoms with Gasteiger partial charge in [-0.2, -0.15) is 4.37 Å². The largest absolute Gasteiger partial charge is 0.464 e. The highest BCUT2D eigenvalue weighted by Gasteiger charge is 2.21. The maximum Gasteiger partial charge on any atom is 0.230 e. The fraction of sp³-hybridized carbons (Fsp3) is 0.500. The van der Waals surface area contributed by atoms with Crippen LogP contribution in [0.4, 0.5) is 0 Å². The molecular formula is C10H12N2OS. The standard InChI is InChI=1S/C10H12N2OS/c1-3-4-13-10-8-6-11-7(2)5-9(8)14-12-10/h1,7,11H,4-6H2,2H3. The monoisotopic (exact) mass is 208 g/mol. The summed E-state index contributed by atoms with van der Waals surface area (Å²) in [5.41, 5.74) is 1.18. The molecule has 1 aromatic heterocycles. The molecule has 0 radical (unpaired) electrons. The summed E-state index contributed by atoms with van der Waals surface area (Å²) in [6.45, 7) is 3.31. The third-order valence-electron chi connectivity index (χ3n) is 2.24. The van der Waals surface area contributed by atoms with E-state index in [1.165, 1.54) is 22.0 Å². The van der Waals surface area contributed by atoms with Crippen LogP contribution in [0, 0.1) is 12.3 Å². The molecule has 0 bridgehead atoms. The molecule has 1 aliphatic rings. The minimum Gasteiger partial charge on any atom is -0.464 e. The van der Waals surface area contributed by atoms with Crippen molar-refractivity contribution in [1.29, 1.82) is 0 Å². The van der Waals surface area contributed by atoms with Gasteiger partial charge in [-0.15, -0.1) is 6.42 Å². The van der Waals surface area contributed by atoms with Crippen molar-refractivity contribution in [2.75, 3.05) is 6.61 Å². The molecule has 0 aliphatic carbocycles. The summed E-state index contributed by atoms with van der Waals surface area (Å²) in [6.07, 6.45) is 6.16. The van der Waals surface area contributed by atoms with E-state index in [0.717, 1.165) is 13.0 Å². The van der Waals surface area contributed by atoms with Gasteiger partial charge in [0.15, 0.2) is 6.61 Å². The first-order valence-corrected chi connectivity index (χ1v) is 5.35. The second kappa shape index (κ2) is 3.99. The summed E-state index contributed by atoms with van der Waals surface area (Å²) in [6, 6.07) is 0.531. The molecule has 0 spiro atoms. The van der Waals surface area contributed by atoms with E-state index in [-0.39, 0.29) is 0 Å². The normalized spacial score (nSPS) is 19.9. The van der Waals surface area contributed by atoms with E-state index >= 15 is 0 Å². The Labute approximate surface area is 87.6 Å². The van der Waals surface area contributed by atoms with Crippen molar-refractivity contribution in [2.24, 2.45) is 0 Å². The third-order valence-corrected chi connectivity index (χ3v) is 3.14. The average molecular weight is 208 g/mol. The van der Waals surface area contributed by atoms with Gasteiger partial charge in [-0.3, -0.25) is 0 Å². The van der Waals surface area contributed by atoms with Crippen molar-refractivity contribution in [2.45, 2.75) is 25.9 Å². The van der Waals surface area contributed by atoms with Crippen LogP contribution in [-0.2, 0) is 13.0 Å². The van der Waals surface area contributed by atoms with E-state index in [1.807, 2.05) is 0 Å². The number of terminal acetylenes is 1. The lowest BCUT2D eigenvalue weighted by Crippen LogP contribution is -2.32. The number of rotatable bonds is 2. The molecule has 0 fully saturated rings. The summed E-state index contributed by atoms with van der Waals surface area (Å²) in [7, 11) is 0. The van der Waals surface area contributed by atoms with Crippen molar-refractivity contribution in [1.82, 2.24) is 9.69 Å². The second-order valence-corrected chi connectivity index (χ2v) is 4.23. The molecule has 74 valence electrons. The van der Waals surface area contributed by atoms with Crippen LogP contribution in [0.1, 0.15) is 17.4 Å². The first kappa shape index (κ1) is 9.50. The fourth-order valence-corrected chi connectivity index (χ4v) is 2.46. The summed E-state index contributed by atoms with van der Waals surface area (Å²) in [5.74, 6) is 3.15. The van der Waals surface area contributed by atoms with Gasteiger partial charge in [-0.05, 0) is 24.9 Å². The van der Waals surface area contributed by atoms with Gasteiger partial charge in [0.05, 0.1) is 0 Å². The van der Waals surface area contributed by atoms with Crippen LogP contribution in [0.3, 0.4) is 0 Å².